The second-order valence-electron chi connectivity index (χ2n) is 7.54. The monoisotopic (exact) mass is 458 g/mol. The van der Waals surface area contributed by atoms with E-state index in [1.165, 1.54) is 11.8 Å². The van der Waals surface area contributed by atoms with Crippen LogP contribution in [0.25, 0.3) is 10.2 Å². The van der Waals surface area contributed by atoms with Gasteiger partial charge in [0.25, 0.3) is 0 Å². The molecule has 0 fully saturated rings. The minimum Gasteiger partial charge on any atom is -0.397 e. The Morgan fingerprint density at radius 2 is 2.09 bits per heavy atom. The van der Waals surface area contributed by atoms with Crippen LogP contribution in [-0.2, 0) is 30.4 Å². The van der Waals surface area contributed by atoms with Gasteiger partial charge in [-0.25, -0.2) is 4.98 Å². The van der Waals surface area contributed by atoms with Gasteiger partial charge in [-0.15, -0.1) is 11.3 Å². The lowest BCUT2D eigenvalue weighted by Crippen LogP contribution is -2.36. The van der Waals surface area contributed by atoms with Gasteiger partial charge in [-0.05, 0) is 17.7 Å². The van der Waals surface area contributed by atoms with Crippen molar-refractivity contribution in [3.63, 3.8) is 0 Å². The molecule has 1 aliphatic rings. The number of alkyl halides is 3. The fourth-order valence-corrected chi connectivity index (χ4v) is 4.99. The van der Waals surface area contributed by atoms with Crippen molar-refractivity contribution in [3.8, 4) is 6.07 Å². The van der Waals surface area contributed by atoms with Crippen molar-refractivity contribution in [2.75, 3.05) is 12.3 Å². The molecule has 0 bridgehead atoms. The van der Waals surface area contributed by atoms with Crippen LogP contribution < -0.4 is 5.73 Å². The number of benzene rings is 1. The molecule has 4 rings (SSSR count). The Morgan fingerprint density at radius 3 is 2.75 bits per heavy atom. The number of ketones is 1. The van der Waals surface area contributed by atoms with E-state index in [1.54, 1.807) is 24.3 Å². The van der Waals surface area contributed by atoms with Crippen LogP contribution in [0.1, 0.15) is 44.5 Å². The van der Waals surface area contributed by atoms with Gasteiger partial charge >= 0.3 is 6.18 Å². The Kier molecular flexibility index (Phi) is 5.38. The number of rotatable bonds is 3. The number of pyridine rings is 1. The van der Waals surface area contributed by atoms with Crippen LogP contribution in [0.2, 0.25) is 0 Å². The van der Waals surface area contributed by atoms with E-state index in [0.29, 0.717) is 11.1 Å². The first-order valence-electron chi connectivity index (χ1n) is 9.68. The van der Waals surface area contributed by atoms with Gasteiger partial charge in [-0.2, -0.15) is 18.4 Å². The third-order valence-electron chi connectivity index (χ3n) is 5.43. The van der Waals surface area contributed by atoms with Crippen molar-refractivity contribution >= 4 is 38.9 Å². The van der Waals surface area contributed by atoms with E-state index in [2.05, 4.69) is 4.98 Å². The first kappa shape index (κ1) is 21.8. The lowest BCUT2D eigenvalue weighted by atomic mass is 9.96. The van der Waals surface area contributed by atoms with Gasteiger partial charge in [0.05, 0.1) is 27.8 Å². The van der Waals surface area contributed by atoms with Gasteiger partial charge in [0, 0.05) is 49.5 Å². The molecule has 3 heterocycles. The van der Waals surface area contributed by atoms with E-state index in [9.17, 15) is 22.8 Å². The van der Waals surface area contributed by atoms with E-state index in [1.807, 2.05) is 6.07 Å². The Bertz CT molecular complexity index is 1310. The summed E-state index contributed by atoms with van der Waals surface area (Å²) in [6.07, 6.45) is -4.65. The number of carbonyl (C=O) groups is 2. The summed E-state index contributed by atoms with van der Waals surface area (Å²) < 4.78 is 42.5. The van der Waals surface area contributed by atoms with Crippen LogP contribution >= 0.6 is 11.3 Å². The topological polar surface area (TPSA) is 100 Å². The smallest absolute Gasteiger partial charge is 0.397 e. The number of thiophene rings is 1. The maximum absolute atomic E-state index is 14.2. The highest BCUT2D eigenvalue weighted by atomic mass is 32.1. The number of nitrogen functional groups attached to an aromatic ring is 1. The number of anilines is 1. The van der Waals surface area contributed by atoms with E-state index in [-0.39, 0.29) is 63.9 Å². The zero-order chi connectivity index (χ0) is 23.2. The van der Waals surface area contributed by atoms with Crippen LogP contribution in [0.15, 0.2) is 24.3 Å². The van der Waals surface area contributed by atoms with Crippen molar-refractivity contribution in [2.45, 2.75) is 32.5 Å². The van der Waals surface area contributed by atoms with Crippen molar-refractivity contribution in [1.29, 1.82) is 5.26 Å². The Morgan fingerprint density at radius 1 is 1.34 bits per heavy atom. The second kappa shape index (κ2) is 7.91. The molecule has 3 aromatic rings. The van der Waals surface area contributed by atoms with Crippen molar-refractivity contribution in [2.24, 2.45) is 0 Å². The second-order valence-corrected chi connectivity index (χ2v) is 8.54. The van der Waals surface area contributed by atoms with E-state index in [4.69, 9.17) is 11.0 Å². The van der Waals surface area contributed by atoms with Crippen LogP contribution in [0, 0.1) is 11.3 Å². The molecule has 10 heteroatoms. The number of hydrogen-bond acceptors (Lipinski definition) is 6. The molecule has 0 atom stereocenters. The first-order chi connectivity index (χ1) is 15.1. The molecule has 6 nitrogen and oxygen atoms in total. The summed E-state index contributed by atoms with van der Waals surface area (Å²) in [5.74, 6) is -0.769. The number of aromatic nitrogens is 1. The van der Waals surface area contributed by atoms with Gasteiger partial charge in [0.15, 0.2) is 5.78 Å². The molecule has 32 heavy (non-hydrogen) atoms. The third-order valence-corrected chi connectivity index (χ3v) is 6.57. The summed E-state index contributed by atoms with van der Waals surface area (Å²) >= 11 is 0.840. The van der Waals surface area contributed by atoms with E-state index < -0.39 is 17.5 Å². The minimum absolute atomic E-state index is 0.00568. The van der Waals surface area contributed by atoms with Gasteiger partial charge in [0.2, 0.25) is 5.91 Å². The third kappa shape index (κ3) is 3.80. The highest BCUT2D eigenvalue weighted by Gasteiger charge is 2.41. The van der Waals surface area contributed by atoms with Crippen LogP contribution in [0.3, 0.4) is 0 Å². The van der Waals surface area contributed by atoms with Gasteiger partial charge in [-0.3, -0.25) is 9.59 Å². The Hall–Kier alpha value is -3.45. The standard InChI is InChI=1S/C22H17F3N4O2S/c1-11(30)29-6-5-15-14(10-29)18(22(23,24)25)17-19(27)20(32-21(17)28-15)16(31)8-12-3-2-4-13(7-12)9-26/h2-4,7H,5-6,8,10,27H2,1H3. The number of amides is 1. The molecule has 2 N–H and O–H groups in total. The Balaban J connectivity index is 1.84. The molecule has 0 unspecified atom stereocenters. The summed E-state index contributed by atoms with van der Waals surface area (Å²) in [5, 5.41) is 8.73. The summed E-state index contributed by atoms with van der Waals surface area (Å²) in [6.45, 7) is 1.38. The number of hydrogen-bond donors (Lipinski definition) is 1. The average molecular weight is 458 g/mol. The summed E-state index contributed by atoms with van der Waals surface area (Å²) in [6, 6.07) is 8.42. The number of nitrogens with zero attached hydrogens (tertiary/aromatic N) is 3. The number of Topliss-reactive ketones (excluding diaryl/α,β-unsaturated/α-hetero) is 1. The molecule has 0 aliphatic carbocycles. The molecule has 0 saturated carbocycles. The highest BCUT2D eigenvalue weighted by Crippen LogP contribution is 2.45. The first-order valence-corrected chi connectivity index (χ1v) is 10.5. The van der Waals surface area contributed by atoms with Crippen LogP contribution in [0.5, 0.6) is 0 Å². The van der Waals surface area contributed by atoms with Gasteiger partial charge in [0.1, 0.15) is 4.83 Å². The predicted octanol–water partition coefficient (Wildman–Crippen LogP) is 4.10. The highest BCUT2D eigenvalue weighted by molar-refractivity contribution is 7.21. The Labute approximate surface area is 185 Å². The number of nitriles is 1. The van der Waals surface area contributed by atoms with Crippen molar-refractivity contribution in [3.05, 3.63) is 57.1 Å². The molecule has 0 radical (unpaired) electrons. The fourth-order valence-electron chi connectivity index (χ4n) is 3.93. The molecular formula is C22H17F3N4O2S. The molecule has 1 aromatic carbocycles. The molecular weight excluding hydrogens is 441 g/mol. The lowest BCUT2D eigenvalue weighted by Gasteiger charge is -2.29. The summed E-state index contributed by atoms with van der Waals surface area (Å²) in [4.78, 5) is 30.4. The van der Waals surface area contributed by atoms with E-state index in [0.717, 1.165) is 11.3 Å². The van der Waals surface area contributed by atoms with Crippen molar-refractivity contribution < 1.29 is 22.8 Å². The minimum atomic E-state index is -4.73. The summed E-state index contributed by atoms with van der Waals surface area (Å²) in [5.41, 5.74) is 6.04. The number of carbonyl (C=O) groups excluding carboxylic acids is 2. The quantitative estimate of drug-likeness (QED) is 0.596. The van der Waals surface area contributed by atoms with Crippen LogP contribution in [-0.4, -0.2) is 28.1 Å². The average Bonchev–Trinajstić information content (AvgIpc) is 3.06. The molecule has 0 saturated heterocycles. The maximum Gasteiger partial charge on any atom is 0.417 e. The molecule has 2 aromatic heterocycles. The molecule has 164 valence electrons. The van der Waals surface area contributed by atoms with Gasteiger partial charge < -0.3 is 10.6 Å². The zero-order valence-corrected chi connectivity index (χ0v) is 17.7. The van der Waals surface area contributed by atoms with Crippen LogP contribution in [0.4, 0.5) is 18.9 Å². The molecule has 0 spiro atoms. The summed E-state index contributed by atoms with van der Waals surface area (Å²) in [7, 11) is 0. The SMILES string of the molecule is CC(=O)N1CCc2nc3sc(C(=O)Cc4cccc(C#N)c4)c(N)c3c(C(F)(F)F)c2C1. The number of nitrogens with two attached hydrogens (primary N) is 1. The zero-order valence-electron chi connectivity index (χ0n) is 16.9. The van der Waals surface area contributed by atoms with Gasteiger partial charge in [-0.1, -0.05) is 12.1 Å². The van der Waals surface area contributed by atoms with E-state index >= 15 is 0 Å². The molecule has 1 aliphatic heterocycles. The number of halogens is 3. The largest absolute Gasteiger partial charge is 0.417 e. The fraction of sp³-hybridized carbons (Fsp3) is 0.273. The number of fused-ring (bicyclic) bond motifs is 2. The maximum atomic E-state index is 14.2. The molecule has 1 amide bonds. The van der Waals surface area contributed by atoms with Crippen molar-refractivity contribution in [1.82, 2.24) is 9.88 Å². The lowest BCUT2D eigenvalue weighted by molar-refractivity contribution is -0.138. The normalized spacial score (nSPS) is 13.7. The predicted molar refractivity (Wildman–Crippen MR) is 113 cm³/mol.